The molecule has 0 radical (unpaired) electrons. The minimum Gasteiger partial charge on any atom is -0.450 e. The van der Waals surface area contributed by atoms with Crippen molar-refractivity contribution in [2.75, 3.05) is 32.8 Å². The maximum absolute atomic E-state index is 11.5. The summed E-state index contributed by atoms with van der Waals surface area (Å²) in [5, 5.41) is 3.37. The van der Waals surface area contributed by atoms with Gasteiger partial charge in [-0.05, 0) is 38.3 Å². The molecular weight excluding hydrogens is 180 g/mol. The van der Waals surface area contributed by atoms with Gasteiger partial charge in [0.2, 0.25) is 0 Å². The van der Waals surface area contributed by atoms with Crippen molar-refractivity contribution in [3.63, 3.8) is 0 Å². The highest BCUT2D eigenvalue weighted by Crippen LogP contribution is 2.28. The van der Waals surface area contributed by atoms with Gasteiger partial charge in [-0.2, -0.15) is 0 Å². The van der Waals surface area contributed by atoms with E-state index in [9.17, 15) is 4.79 Å². The molecule has 0 spiro atoms. The molecule has 2 fully saturated rings. The smallest absolute Gasteiger partial charge is 0.409 e. The summed E-state index contributed by atoms with van der Waals surface area (Å²) in [6.07, 6.45) is 1.06. The van der Waals surface area contributed by atoms with Gasteiger partial charge in [-0.1, -0.05) is 0 Å². The summed E-state index contributed by atoms with van der Waals surface area (Å²) < 4.78 is 5.00. The van der Waals surface area contributed by atoms with Gasteiger partial charge in [0.05, 0.1) is 6.61 Å². The van der Waals surface area contributed by atoms with Crippen LogP contribution in [0.2, 0.25) is 0 Å². The minimum atomic E-state index is -0.137. The summed E-state index contributed by atoms with van der Waals surface area (Å²) >= 11 is 0. The van der Waals surface area contributed by atoms with Crippen molar-refractivity contribution in [3.05, 3.63) is 0 Å². The molecule has 0 saturated carbocycles. The molecule has 80 valence electrons. The van der Waals surface area contributed by atoms with Crippen molar-refractivity contribution in [1.29, 1.82) is 0 Å². The van der Waals surface area contributed by atoms with E-state index in [1.54, 1.807) is 0 Å². The fourth-order valence-electron chi connectivity index (χ4n) is 2.44. The van der Waals surface area contributed by atoms with E-state index in [1.807, 2.05) is 11.8 Å². The number of hydrogen-bond acceptors (Lipinski definition) is 3. The van der Waals surface area contributed by atoms with Crippen LogP contribution in [0.25, 0.3) is 0 Å². The highest BCUT2D eigenvalue weighted by Gasteiger charge is 2.36. The zero-order chi connectivity index (χ0) is 9.97. The van der Waals surface area contributed by atoms with Crippen LogP contribution in [0.15, 0.2) is 0 Å². The van der Waals surface area contributed by atoms with Crippen LogP contribution in [0.4, 0.5) is 4.79 Å². The maximum Gasteiger partial charge on any atom is 0.409 e. The van der Waals surface area contributed by atoms with Crippen LogP contribution >= 0.6 is 0 Å². The number of likely N-dealkylation sites (tertiary alicyclic amines) is 1. The van der Waals surface area contributed by atoms with Gasteiger partial charge in [-0.3, -0.25) is 0 Å². The molecule has 0 aromatic heterocycles. The molecule has 2 rings (SSSR count). The molecule has 4 heteroatoms. The highest BCUT2D eigenvalue weighted by atomic mass is 16.6. The second-order valence-corrected chi connectivity index (χ2v) is 4.12. The quantitative estimate of drug-likeness (QED) is 0.674. The van der Waals surface area contributed by atoms with Crippen LogP contribution in [0.1, 0.15) is 13.3 Å². The molecule has 1 amide bonds. The molecule has 0 aliphatic carbocycles. The highest BCUT2D eigenvalue weighted by molar-refractivity contribution is 5.68. The van der Waals surface area contributed by atoms with E-state index >= 15 is 0 Å². The number of amides is 1. The predicted octanol–water partition coefficient (Wildman–Crippen LogP) is 0.684. The predicted molar refractivity (Wildman–Crippen MR) is 53.1 cm³/mol. The minimum absolute atomic E-state index is 0.137. The van der Waals surface area contributed by atoms with Crippen molar-refractivity contribution in [2.24, 2.45) is 11.8 Å². The summed E-state index contributed by atoms with van der Waals surface area (Å²) in [4.78, 5) is 13.3. The standard InChI is InChI=1S/C10H18N2O2/c1-2-14-10(13)12-6-8-3-4-11-5-9(8)7-12/h8-9,11H,2-7H2,1H3. The number of nitrogens with one attached hydrogen (secondary N) is 1. The molecular formula is C10H18N2O2. The van der Waals surface area contributed by atoms with Crippen LogP contribution in [0.3, 0.4) is 0 Å². The van der Waals surface area contributed by atoms with E-state index in [4.69, 9.17) is 4.74 Å². The number of nitrogens with zero attached hydrogens (tertiary/aromatic N) is 1. The molecule has 1 N–H and O–H groups in total. The average molecular weight is 198 g/mol. The van der Waals surface area contributed by atoms with Gasteiger partial charge in [-0.15, -0.1) is 0 Å². The summed E-state index contributed by atoms with van der Waals surface area (Å²) in [5.41, 5.74) is 0. The number of carbonyl (C=O) groups is 1. The van der Waals surface area contributed by atoms with Crippen molar-refractivity contribution in [3.8, 4) is 0 Å². The van der Waals surface area contributed by atoms with E-state index < -0.39 is 0 Å². The summed E-state index contributed by atoms with van der Waals surface area (Å²) in [6.45, 7) is 6.24. The number of hydrogen-bond donors (Lipinski definition) is 1. The van der Waals surface area contributed by atoms with Gasteiger partial charge in [0.15, 0.2) is 0 Å². The van der Waals surface area contributed by atoms with E-state index in [1.165, 1.54) is 6.42 Å². The number of ether oxygens (including phenoxy) is 1. The van der Waals surface area contributed by atoms with Gasteiger partial charge in [0.25, 0.3) is 0 Å². The first kappa shape index (κ1) is 9.77. The Labute approximate surface area is 84.6 Å². The largest absolute Gasteiger partial charge is 0.450 e. The van der Waals surface area contributed by atoms with Crippen LogP contribution < -0.4 is 5.32 Å². The molecule has 4 nitrogen and oxygen atoms in total. The maximum atomic E-state index is 11.5. The van der Waals surface area contributed by atoms with E-state index in [0.717, 1.165) is 26.2 Å². The Balaban J connectivity index is 1.89. The molecule has 2 atom stereocenters. The second-order valence-electron chi connectivity index (χ2n) is 4.12. The SMILES string of the molecule is CCOC(=O)N1CC2CCNCC2C1. The lowest BCUT2D eigenvalue weighted by Gasteiger charge is -2.23. The third kappa shape index (κ3) is 1.85. The van der Waals surface area contributed by atoms with Crippen molar-refractivity contribution >= 4 is 6.09 Å². The van der Waals surface area contributed by atoms with E-state index in [0.29, 0.717) is 18.4 Å². The zero-order valence-corrected chi connectivity index (χ0v) is 8.66. The molecule has 2 aliphatic rings. The molecule has 2 heterocycles. The fraction of sp³-hybridized carbons (Fsp3) is 0.900. The van der Waals surface area contributed by atoms with Gasteiger partial charge in [-0.25, -0.2) is 4.79 Å². The van der Waals surface area contributed by atoms with Crippen molar-refractivity contribution < 1.29 is 9.53 Å². The summed E-state index contributed by atoms with van der Waals surface area (Å²) in [7, 11) is 0. The van der Waals surface area contributed by atoms with Crippen molar-refractivity contribution in [1.82, 2.24) is 10.2 Å². The van der Waals surface area contributed by atoms with E-state index in [-0.39, 0.29) is 6.09 Å². The summed E-state index contributed by atoms with van der Waals surface area (Å²) in [6, 6.07) is 0. The fourth-order valence-corrected chi connectivity index (χ4v) is 2.44. The Hall–Kier alpha value is -0.770. The van der Waals surface area contributed by atoms with Crippen LogP contribution in [0, 0.1) is 11.8 Å². The Kier molecular flexibility index (Phi) is 2.91. The van der Waals surface area contributed by atoms with Crippen LogP contribution in [0.5, 0.6) is 0 Å². The Morgan fingerprint density at radius 3 is 3.00 bits per heavy atom. The van der Waals surface area contributed by atoms with Crippen LogP contribution in [-0.2, 0) is 4.74 Å². The van der Waals surface area contributed by atoms with Crippen LogP contribution in [-0.4, -0.2) is 43.8 Å². The second kappa shape index (κ2) is 4.17. The number of rotatable bonds is 1. The molecule has 2 saturated heterocycles. The molecule has 0 bridgehead atoms. The lowest BCUT2D eigenvalue weighted by Crippen LogP contribution is -2.35. The molecule has 14 heavy (non-hydrogen) atoms. The topological polar surface area (TPSA) is 41.6 Å². The number of fused-ring (bicyclic) bond motifs is 1. The molecule has 2 unspecified atom stereocenters. The molecule has 2 aliphatic heterocycles. The van der Waals surface area contributed by atoms with Crippen molar-refractivity contribution in [2.45, 2.75) is 13.3 Å². The third-order valence-corrected chi connectivity index (χ3v) is 3.20. The Morgan fingerprint density at radius 1 is 1.50 bits per heavy atom. The first-order valence-corrected chi connectivity index (χ1v) is 5.43. The molecule has 0 aromatic carbocycles. The Morgan fingerprint density at radius 2 is 2.29 bits per heavy atom. The Bertz CT molecular complexity index is 206. The third-order valence-electron chi connectivity index (χ3n) is 3.20. The lowest BCUT2D eigenvalue weighted by molar-refractivity contribution is 0.114. The van der Waals surface area contributed by atoms with Gasteiger partial charge >= 0.3 is 6.09 Å². The normalized spacial score (nSPS) is 31.4. The van der Waals surface area contributed by atoms with Gasteiger partial charge in [0.1, 0.15) is 0 Å². The monoisotopic (exact) mass is 198 g/mol. The first-order chi connectivity index (χ1) is 6.81. The number of carbonyl (C=O) groups excluding carboxylic acids is 1. The first-order valence-electron chi connectivity index (χ1n) is 5.43. The van der Waals surface area contributed by atoms with Gasteiger partial charge < -0.3 is 15.0 Å². The average Bonchev–Trinajstić information content (AvgIpc) is 2.61. The lowest BCUT2D eigenvalue weighted by atomic mass is 9.90. The zero-order valence-electron chi connectivity index (χ0n) is 8.66. The summed E-state index contributed by atoms with van der Waals surface area (Å²) in [5.74, 6) is 1.34. The number of piperidine rings is 1. The molecule has 0 aromatic rings. The van der Waals surface area contributed by atoms with Gasteiger partial charge in [0, 0.05) is 13.1 Å². The van der Waals surface area contributed by atoms with E-state index in [2.05, 4.69) is 5.32 Å².